The van der Waals surface area contributed by atoms with Crippen molar-refractivity contribution in [2.75, 3.05) is 45.8 Å². The van der Waals surface area contributed by atoms with Gasteiger partial charge in [-0.05, 0) is 38.6 Å². The van der Waals surface area contributed by atoms with Crippen molar-refractivity contribution in [3.63, 3.8) is 0 Å². The van der Waals surface area contributed by atoms with Crippen molar-refractivity contribution in [2.24, 2.45) is 5.92 Å². The third kappa shape index (κ3) is 4.76. The Labute approximate surface area is 117 Å². The highest BCUT2D eigenvalue weighted by Gasteiger charge is 2.27. The first-order valence-corrected chi connectivity index (χ1v) is 7.76. The van der Waals surface area contributed by atoms with Crippen LogP contribution in [-0.2, 0) is 0 Å². The Kier molecular flexibility index (Phi) is 5.20. The zero-order chi connectivity index (χ0) is 13.7. The summed E-state index contributed by atoms with van der Waals surface area (Å²) in [4.78, 5) is 5.12. The fraction of sp³-hybridized carbons (Fsp3) is 0.933. The number of rotatable bonds is 7. The molecule has 1 aliphatic heterocycles. The van der Waals surface area contributed by atoms with Gasteiger partial charge < -0.3 is 9.80 Å². The lowest BCUT2D eigenvalue weighted by molar-refractivity contribution is 0.122. The van der Waals surface area contributed by atoms with Crippen LogP contribution in [-0.4, -0.2) is 61.2 Å². The number of hydrogen-bond acceptors (Lipinski definition) is 4. The first-order valence-electron chi connectivity index (χ1n) is 7.76. The Balaban J connectivity index is 1.65. The zero-order valence-corrected chi connectivity index (χ0v) is 12.5. The molecule has 1 saturated carbocycles. The number of piperazine rings is 1. The molecule has 1 atom stereocenters. The lowest BCUT2D eigenvalue weighted by Gasteiger charge is -2.36. The largest absolute Gasteiger partial charge is 0.301 e. The molecule has 0 amide bonds. The summed E-state index contributed by atoms with van der Waals surface area (Å²) in [6, 6.07) is 2.41. The summed E-state index contributed by atoms with van der Waals surface area (Å²) in [6.45, 7) is 12.0. The van der Waals surface area contributed by atoms with Gasteiger partial charge in [0.2, 0.25) is 0 Å². The van der Waals surface area contributed by atoms with Crippen molar-refractivity contribution in [3.05, 3.63) is 0 Å². The van der Waals surface area contributed by atoms with Gasteiger partial charge in [-0.2, -0.15) is 5.26 Å². The van der Waals surface area contributed by atoms with Gasteiger partial charge in [0.15, 0.2) is 0 Å². The molecule has 1 aliphatic carbocycles. The summed E-state index contributed by atoms with van der Waals surface area (Å²) in [7, 11) is 0. The molecule has 1 N–H and O–H groups in total. The lowest BCUT2D eigenvalue weighted by atomic mass is 9.99. The molecule has 4 nitrogen and oxygen atoms in total. The molecule has 19 heavy (non-hydrogen) atoms. The fourth-order valence-electron chi connectivity index (χ4n) is 2.82. The zero-order valence-electron chi connectivity index (χ0n) is 12.5. The topological polar surface area (TPSA) is 42.3 Å². The van der Waals surface area contributed by atoms with Crippen LogP contribution in [0, 0.1) is 17.2 Å². The van der Waals surface area contributed by atoms with Gasteiger partial charge in [-0.1, -0.05) is 6.92 Å². The predicted octanol–water partition coefficient (Wildman–Crippen LogP) is 1.30. The molecule has 2 fully saturated rings. The average molecular weight is 264 g/mol. The predicted molar refractivity (Wildman–Crippen MR) is 77.9 cm³/mol. The Hall–Kier alpha value is -0.630. The Morgan fingerprint density at radius 3 is 2.37 bits per heavy atom. The van der Waals surface area contributed by atoms with E-state index >= 15 is 0 Å². The molecule has 1 unspecified atom stereocenters. The van der Waals surface area contributed by atoms with Gasteiger partial charge in [0.1, 0.15) is 5.54 Å². The second kappa shape index (κ2) is 6.69. The Morgan fingerprint density at radius 2 is 1.84 bits per heavy atom. The second-order valence-corrected chi connectivity index (χ2v) is 6.31. The maximum absolute atomic E-state index is 9.25. The van der Waals surface area contributed by atoms with Crippen molar-refractivity contribution in [1.82, 2.24) is 15.1 Å². The quantitative estimate of drug-likeness (QED) is 0.752. The molecule has 0 aromatic rings. The lowest BCUT2D eigenvalue weighted by Crippen LogP contribution is -2.49. The highest BCUT2D eigenvalue weighted by molar-refractivity contribution is 5.03. The van der Waals surface area contributed by atoms with Crippen molar-refractivity contribution >= 4 is 0 Å². The molecule has 0 aromatic carbocycles. The second-order valence-electron chi connectivity index (χ2n) is 6.31. The van der Waals surface area contributed by atoms with Crippen LogP contribution in [0.1, 0.15) is 33.1 Å². The van der Waals surface area contributed by atoms with Gasteiger partial charge in [-0.25, -0.2) is 0 Å². The molecule has 4 heteroatoms. The fourth-order valence-corrected chi connectivity index (χ4v) is 2.82. The highest BCUT2D eigenvalue weighted by Crippen LogP contribution is 2.29. The molecule has 1 heterocycles. The molecular formula is C15H28N4. The van der Waals surface area contributed by atoms with Crippen molar-refractivity contribution in [2.45, 2.75) is 38.6 Å². The summed E-state index contributed by atoms with van der Waals surface area (Å²) in [5, 5.41) is 12.5. The van der Waals surface area contributed by atoms with Gasteiger partial charge in [-0.3, -0.25) is 5.32 Å². The van der Waals surface area contributed by atoms with Crippen LogP contribution in [0.5, 0.6) is 0 Å². The van der Waals surface area contributed by atoms with Crippen LogP contribution < -0.4 is 5.32 Å². The van der Waals surface area contributed by atoms with E-state index < -0.39 is 0 Å². The van der Waals surface area contributed by atoms with Crippen LogP contribution >= 0.6 is 0 Å². The third-order valence-electron chi connectivity index (χ3n) is 4.42. The number of nitrogens with one attached hydrogen (secondary N) is 1. The third-order valence-corrected chi connectivity index (χ3v) is 4.42. The molecule has 0 spiro atoms. The molecule has 2 rings (SSSR count). The first kappa shape index (κ1) is 14.8. The van der Waals surface area contributed by atoms with E-state index in [4.69, 9.17) is 0 Å². The van der Waals surface area contributed by atoms with Crippen LogP contribution in [0.4, 0.5) is 0 Å². The summed E-state index contributed by atoms with van der Waals surface area (Å²) >= 11 is 0. The van der Waals surface area contributed by atoms with Crippen LogP contribution in [0.3, 0.4) is 0 Å². The molecule has 1 saturated heterocycles. The normalized spacial score (nSPS) is 24.9. The Morgan fingerprint density at radius 1 is 1.21 bits per heavy atom. The summed E-state index contributed by atoms with van der Waals surface area (Å²) in [5.41, 5.74) is -0.361. The van der Waals surface area contributed by atoms with Gasteiger partial charge in [0, 0.05) is 39.3 Å². The van der Waals surface area contributed by atoms with E-state index in [9.17, 15) is 5.26 Å². The maximum Gasteiger partial charge on any atom is 0.105 e. The number of nitrogens with zero attached hydrogens (tertiary/aromatic N) is 3. The van der Waals surface area contributed by atoms with E-state index in [1.54, 1.807) is 0 Å². The summed E-state index contributed by atoms with van der Waals surface area (Å²) in [6.07, 6.45) is 3.81. The standard InChI is InChI=1S/C15H28N4/c1-3-17-15(2,13-16)6-7-18-8-10-19(11-9-18)12-14-4-5-14/h14,17H,3-12H2,1-2H3. The smallest absolute Gasteiger partial charge is 0.105 e. The maximum atomic E-state index is 9.25. The molecular weight excluding hydrogens is 236 g/mol. The molecule has 0 aromatic heterocycles. The molecule has 0 radical (unpaired) electrons. The van der Waals surface area contributed by atoms with Crippen LogP contribution in [0.2, 0.25) is 0 Å². The molecule has 108 valence electrons. The van der Waals surface area contributed by atoms with Gasteiger partial charge >= 0.3 is 0 Å². The van der Waals surface area contributed by atoms with Crippen LogP contribution in [0.15, 0.2) is 0 Å². The van der Waals surface area contributed by atoms with Crippen molar-refractivity contribution < 1.29 is 0 Å². The van der Waals surface area contributed by atoms with E-state index in [0.717, 1.165) is 25.4 Å². The van der Waals surface area contributed by atoms with Gasteiger partial charge in [0.05, 0.1) is 6.07 Å². The summed E-state index contributed by atoms with van der Waals surface area (Å²) < 4.78 is 0. The number of nitriles is 1. The molecule has 0 bridgehead atoms. The Bertz CT molecular complexity index is 313. The minimum atomic E-state index is -0.361. The van der Waals surface area contributed by atoms with E-state index in [2.05, 4.69) is 28.1 Å². The average Bonchev–Trinajstić information content (AvgIpc) is 3.22. The molecule has 2 aliphatic rings. The van der Waals surface area contributed by atoms with Crippen molar-refractivity contribution in [3.8, 4) is 6.07 Å². The number of hydrogen-bond donors (Lipinski definition) is 1. The minimum absolute atomic E-state index is 0.361. The van der Waals surface area contributed by atoms with E-state index in [1.165, 1.54) is 45.6 Å². The van der Waals surface area contributed by atoms with Gasteiger partial charge in [0.25, 0.3) is 0 Å². The summed E-state index contributed by atoms with van der Waals surface area (Å²) in [5.74, 6) is 1.00. The minimum Gasteiger partial charge on any atom is -0.301 e. The van der Waals surface area contributed by atoms with E-state index in [1.807, 2.05) is 6.92 Å². The van der Waals surface area contributed by atoms with Gasteiger partial charge in [-0.15, -0.1) is 0 Å². The highest BCUT2D eigenvalue weighted by atomic mass is 15.3. The SMILES string of the molecule is CCNC(C)(C#N)CCN1CCN(CC2CC2)CC1. The first-order chi connectivity index (χ1) is 9.15. The van der Waals surface area contributed by atoms with Crippen molar-refractivity contribution in [1.29, 1.82) is 5.26 Å². The van der Waals surface area contributed by atoms with Crippen LogP contribution in [0.25, 0.3) is 0 Å². The van der Waals surface area contributed by atoms with E-state index in [0.29, 0.717) is 0 Å². The van der Waals surface area contributed by atoms with E-state index in [-0.39, 0.29) is 5.54 Å². The monoisotopic (exact) mass is 264 g/mol.